The smallest absolute Gasteiger partial charge is 0.0829 e. The highest BCUT2D eigenvalue weighted by molar-refractivity contribution is 4.76. The Morgan fingerprint density at radius 1 is 1.11 bits per heavy atom. The van der Waals surface area contributed by atoms with Crippen LogP contribution in [0, 0.1) is 0 Å². The molecule has 0 aromatic carbocycles. The van der Waals surface area contributed by atoms with E-state index >= 15 is 0 Å². The summed E-state index contributed by atoms with van der Waals surface area (Å²) < 4.78 is 5.87. The normalized spacial score (nSPS) is 28.4. The first kappa shape index (κ1) is 15.2. The molecule has 0 aromatic rings. The van der Waals surface area contributed by atoms with E-state index in [9.17, 15) is 0 Å². The summed E-state index contributed by atoms with van der Waals surface area (Å²) in [5.74, 6) is 0. The van der Waals surface area contributed by atoms with E-state index in [0.717, 1.165) is 45.8 Å². The van der Waals surface area contributed by atoms with Crippen LogP contribution in [0.2, 0.25) is 0 Å². The number of nitrogens with two attached hydrogens (primary N) is 1. The summed E-state index contributed by atoms with van der Waals surface area (Å²) in [5, 5.41) is 0. The minimum Gasteiger partial charge on any atom is -0.374 e. The fraction of sp³-hybridized carbons (Fsp3) is 1.00. The van der Waals surface area contributed by atoms with Crippen molar-refractivity contribution in [3.63, 3.8) is 0 Å². The monoisotopic (exact) mass is 270 g/mol. The highest BCUT2D eigenvalue weighted by Crippen LogP contribution is 2.09. The highest BCUT2D eigenvalue weighted by Gasteiger charge is 2.22. The van der Waals surface area contributed by atoms with Crippen molar-refractivity contribution in [2.75, 3.05) is 72.6 Å². The molecular formula is C14H30N4O. The fourth-order valence-electron chi connectivity index (χ4n) is 3.01. The van der Waals surface area contributed by atoms with Gasteiger partial charge in [0.05, 0.1) is 12.7 Å². The van der Waals surface area contributed by atoms with Crippen LogP contribution in [0.3, 0.4) is 0 Å². The SMILES string of the molecule is CN1CCOC(CN2CCCN(CCCN)CC2)C1. The number of morpholine rings is 1. The van der Waals surface area contributed by atoms with Crippen LogP contribution in [0.4, 0.5) is 0 Å². The maximum Gasteiger partial charge on any atom is 0.0829 e. The summed E-state index contributed by atoms with van der Waals surface area (Å²) in [4.78, 5) is 7.51. The second-order valence-electron chi connectivity index (χ2n) is 5.89. The Morgan fingerprint density at radius 2 is 1.89 bits per heavy atom. The van der Waals surface area contributed by atoms with Gasteiger partial charge in [-0.05, 0) is 46.1 Å². The van der Waals surface area contributed by atoms with Crippen LogP contribution < -0.4 is 5.73 Å². The molecule has 19 heavy (non-hydrogen) atoms. The molecule has 5 heteroatoms. The van der Waals surface area contributed by atoms with Gasteiger partial charge in [-0.1, -0.05) is 0 Å². The molecule has 2 heterocycles. The van der Waals surface area contributed by atoms with Crippen molar-refractivity contribution in [3.8, 4) is 0 Å². The van der Waals surface area contributed by atoms with E-state index < -0.39 is 0 Å². The Morgan fingerprint density at radius 3 is 2.68 bits per heavy atom. The molecule has 2 fully saturated rings. The molecule has 0 radical (unpaired) electrons. The molecule has 0 spiro atoms. The first-order valence-corrected chi connectivity index (χ1v) is 7.73. The molecule has 2 aliphatic heterocycles. The number of ether oxygens (including phenoxy) is 1. The van der Waals surface area contributed by atoms with Crippen molar-refractivity contribution in [2.24, 2.45) is 5.73 Å². The van der Waals surface area contributed by atoms with Crippen molar-refractivity contribution >= 4 is 0 Å². The van der Waals surface area contributed by atoms with Gasteiger partial charge in [0.15, 0.2) is 0 Å². The summed E-state index contributed by atoms with van der Waals surface area (Å²) in [5.41, 5.74) is 5.59. The third-order valence-corrected chi connectivity index (χ3v) is 4.16. The van der Waals surface area contributed by atoms with E-state index in [0.29, 0.717) is 6.10 Å². The van der Waals surface area contributed by atoms with Crippen LogP contribution in [0.1, 0.15) is 12.8 Å². The maximum absolute atomic E-state index is 5.87. The lowest BCUT2D eigenvalue weighted by molar-refractivity contribution is -0.0350. The molecule has 1 atom stereocenters. The van der Waals surface area contributed by atoms with Crippen LogP contribution in [0.5, 0.6) is 0 Å². The zero-order valence-corrected chi connectivity index (χ0v) is 12.4. The first-order chi connectivity index (χ1) is 9.28. The van der Waals surface area contributed by atoms with E-state index in [1.165, 1.54) is 32.6 Å². The van der Waals surface area contributed by atoms with Gasteiger partial charge in [0.2, 0.25) is 0 Å². The Kier molecular flexibility index (Phi) is 6.53. The third kappa shape index (κ3) is 5.36. The molecule has 2 aliphatic rings. The summed E-state index contributed by atoms with van der Waals surface area (Å²) in [6.45, 7) is 10.9. The molecular weight excluding hydrogens is 240 g/mol. The minimum absolute atomic E-state index is 0.398. The van der Waals surface area contributed by atoms with Crippen molar-refractivity contribution < 1.29 is 4.74 Å². The molecule has 2 saturated heterocycles. The van der Waals surface area contributed by atoms with Gasteiger partial charge < -0.3 is 20.3 Å². The molecule has 0 aromatic heterocycles. The number of likely N-dealkylation sites (N-methyl/N-ethyl adjacent to an activating group) is 1. The van der Waals surface area contributed by atoms with E-state index in [-0.39, 0.29) is 0 Å². The largest absolute Gasteiger partial charge is 0.374 e. The first-order valence-electron chi connectivity index (χ1n) is 7.73. The minimum atomic E-state index is 0.398. The zero-order chi connectivity index (χ0) is 13.5. The molecule has 0 bridgehead atoms. The second kappa shape index (κ2) is 8.17. The molecule has 2 N–H and O–H groups in total. The number of hydrogen-bond donors (Lipinski definition) is 1. The average Bonchev–Trinajstić information content (AvgIpc) is 2.62. The Hall–Kier alpha value is -0.200. The van der Waals surface area contributed by atoms with Crippen LogP contribution >= 0.6 is 0 Å². The summed E-state index contributed by atoms with van der Waals surface area (Å²) >= 11 is 0. The number of rotatable bonds is 5. The van der Waals surface area contributed by atoms with Gasteiger partial charge in [-0.25, -0.2) is 0 Å². The predicted octanol–water partition coefficient (Wildman–Crippen LogP) is -0.326. The number of nitrogens with zero attached hydrogens (tertiary/aromatic N) is 3. The van der Waals surface area contributed by atoms with Crippen molar-refractivity contribution in [3.05, 3.63) is 0 Å². The third-order valence-electron chi connectivity index (χ3n) is 4.16. The van der Waals surface area contributed by atoms with Gasteiger partial charge in [0, 0.05) is 32.7 Å². The lowest BCUT2D eigenvalue weighted by Crippen LogP contribution is -2.46. The van der Waals surface area contributed by atoms with Gasteiger partial charge in [0.25, 0.3) is 0 Å². The zero-order valence-electron chi connectivity index (χ0n) is 12.4. The summed E-state index contributed by atoms with van der Waals surface area (Å²) in [6, 6.07) is 0. The lowest BCUT2D eigenvalue weighted by Gasteiger charge is -2.33. The molecule has 112 valence electrons. The highest BCUT2D eigenvalue weighted by atomic mass is 16.5. The summed E-state index contributed by atoms with van der Waals surface area (Å²) in [6.07, 6.45) is 2.79. The average molecular weight is 270 g/mol. The van der Waals surface area contributed by atoms with E-state index in [4.69, 9.17) is 10.5 Å². The quantitative estimate of drug-likeness (QED) is 0.741. The van der Waals surface area contributed by atoms with E-state index in [2.05, 4.69) is 21.7 Å². The van der Waals surface area contributed by atoms with Crippen LogP contribution in [0.15, 0.2) is 0 Å². The van der Waals surface area contributed by atoms with Gasteiger partial charge in [0.1, 0.15) is 0 Å². The number of hydrogen-bond acceptors (Lipinski definition) is 5. The van der Waals surface area contributed by atoms with Crippen LogP contribution in [-0.4, -0.2) is 93.4 Å². The van der Waals surface area contributed by atoms with Gasteiger partial charge >= 0.3 is 0 Å². The van der Waals surface area contributed by atoms with Gasteiger partial charge in [-0.2, -0.15) is 0 Å². The van der Waals surface area contributed by atoms with Crippen molar-refractivity contribution in [1.82, 2.24) is 14.7 Å². The van der Waals surface area contributed by atoms with Crippen molar-refractivity contribution in [1.29, 1.82) is 0 Å². The maximum atomic E-state index is 5.87. The summed E-state index contributed by atoms with van der Waals surface area (Å²) in [7, 11) is 2.19. The van der Waals surface area contributed by atoms with Crippen LogP contribution in [-0.2, 0) is 4.74 Å². The second-order valence-corrected chi connectivity index (χ2v) is 5.89. The molecule has 1 unspecified atom stereocenters. The van der Waals surface area contributed by atoms with E-state index in [1.807, 2.05) is 0 Å². The van der Waals surface area contributed by atoms with Crippen LogP contribution in [0.25, 0.3) is 0 Å². The lowest BCUT2D eigenvalue weighted by atomic mass is 10.2. The molecule has 0 amide bonds. The van der Waals surface area contributed by atoms with Gasteiger partial charge in [-0.3, -0.25) is 4.90 Å². The van der Waals surface area contributed by atoms with Crippen molar-refractivity contribution in [2.45, 2.75) is 18.9 Å². The Labute approximate surface area is 117 Å². The topological polar surface area (TPSA) is 45.0 Å². The van der Waals surface area contributed by atoms with E-state index in [1.54, 1.807) is 0 Å². The predicted molar refractivity (Wildman–Crippen MR) is 78.4 cm³/mol. The Balaban J connectivity index is 1.70. The fourth-order valence-corrected chi connectivity index (χ4v) is 3.01. The standard InChI is InChI=1S/C14H30N4O/c1-16-10-11-19-14(12-16)13-18-7-3-6-17(8-9-18)5-2-4-15/h14H,2-13,15H2,1H3. The molecule has 2 rings (SSSR count). The molecule has 5 nitrogen and oxygen atoms in total. The molecule has 0 aliphatic carbocycles. The Bertz CT molecular complexity index is 252. The molecule has 0 saturated carbocycles. The van der Waals surface area contributed by atoms with Gasteiger partial charge in [-0.15, -0.1) is 0 Å².